The zero-order valence-corrected chi connectivity index (χ0v) is 12.6. The maximum absolute atomic E-state index is 13.3. The number of carbonyl (C=O) groups is 1. The second-order valence-electron chi connectivity index (χ2n) is 5.37. The highest BCUT2D eigenvalue weighted by Crippen LogP contribution is 2.27. The third-order valence-electron chi connectivity index (χ3n) is 3.63. The standard InChI is InChI=1S/C17H16FNO3/c1-10-4-6-13(21-10)9-19(3)17(20)16-11(2)14-8-12(18)5-7-15(14)22-16/h4-8H,9H2,1-3H3. The summed E-state index contributed by atoms with van der Waals surface area (Å²) in [6.45, 7) is 3.95. The van der Waals surface area contributed by atoms with E-state index in [1.165, 1.54) is 23.1 Å². The molecule has 0 N–H and O–H groups in total. The van der Waals surface area contributed by atoms with E-state index in [0.717, 1.165) is 5.76 Å². The minimum absolute atomic E-state index is 0.228. The van der Waals surface area contributed by atoms with Crippen LogP contribution in [0.4, 0.5) is 4.39 Å². The Kier molecular flexibility index (Phi) is 3.48. The Morgan fingerprint density at radius 3 is 2.64 bits per heavy atom. The van der Waals surface area contributed by atoms with Crippen molar-refractivity contribution in [3.63, 3.8) is 0 Å². The third kappa shape index (κ3) is 2.50. The van der Waals surface area contributed by atoms with Gasteiger partial charge in [0.2, 0.25) is 0 Å². The van der Waals surface area contributed by atoms with Crippen molar-refractivity contribution in [3.8, 4) is 0 Å². The molecule has 0 aliphatic carbocycles. The van der Waals surface area contributed by atoms with Crippen molar-refractivity contribution >= 4 is 16.9 Å². The zero-order valence-electron chi connectivity index (χ0n) is 12.6. The molecular weight excluding hydrogens is 285 g/mol. The molecule has 0 spiro atoms. The fraction of sp³-hybridized carbons (Fsp3) is 0.235. The highest BCUT2D eigenvalue weighted by atomic mass is 19.1. The third-order valence-corrected chi connectivity index (χ3v) is 3.63. The average Bonchev–Trinajstić information content (AvgIpc) is 3.02. The molecule has 0 atom stereocenters. The number of rotatable bonds is 3. The van der Waals surface area contributed by atoms with Crippen LogP contribution in [0.25, 0.3) is 11.0 Å². The van der Waals surface area contributed by atoms with E-state index in [0.29, 0.717) is 28.8 Å². The predicted molar refractivity (Wildman–Crippen MR) is 80.2 cm³/mol. The Labute approximate surface area is 127 Å². The van der Waals surface area contributed by atoms with Crippen LogP contribution in [0.1, 0.15) is 27.6 Å². The molecular formula is C17H16FNO3. The van der Waals surface area contributed by atoms with Crippen LogP contribution in [0.5, 0.6) is 0 Å². The lowest BCUT2D eigenvalue weighted by Crippen LogP contribution is -2.26. The van der Waals surface area contributed by atoms with Gasteiger partial charge in [0.15, 0.2) is 5.76 Å². The molecule has 0 bridgehead atoms. The molecule has 0 unspecified atom stereocenters. The van der Waals surface area contributed by atoms with Crippen LogP contribution >= 0.6 is 0 Å². The lowest BCUT2D eigenvalue weighted by atomic mass is 10.1. The van der Waals surface area contributed by atoms with Gasteiger partial charge in [0.25, 0.3) is 5.91 Å². The summed E-state index contributed by atoms with van der Waals surface area (Å²) in [5.41, 5.74) is 1.14. The van der Waals surface area contributed by atoms with E-state index < -0.39 is 0 Å². The molecule has 5 heteroatoms. The van der Waals surface area contributed by atoms with Gasteiger partial charge in [0, 0.05) is 18.0 Å². The fourth-order valence-corrected chi connectivity index (χ4v) is 2.45. The van der Waals surface area contributed by atoms with E-state index in [4.69, 9.17) is 8.83 Å². The number of nitrogens with zero attached hydrogens (tertiary/aromatic N) is 1. The molecule has 1 aromatic carbocycles. The summed E-state index contributed by atoms with van der Waals surface area (Å²) in [7, 11) is 1.67. The summed E-state index contributed by atoms with van der Waals surface area (Å²) in [6, 6.07) is 7.91. The Bertz CT molecular complexity index is 847. The molecule has 0 saturated heterocycles. The first-order chi connectivity index (χ1) is 10.5. The second-order valence-corrected chi connectivity index (χ2v) is 5.37. The number of benzene rings is 1. The summed E-state index contributed by atoms with van der Waals surface area (Å²) < 4.78 is 24.4. The van der Waals surface area contributed by atoms with Crippen molar-refractivity contribution in [2.45, 2.75) is 20.4 Å². The lowest BCUT2D eigenvalue weighted by molar-refractivity contribution is 0.0744. The minimum Gasteiger partial charge on any atom is -0.464 e. The van der Waals surface area contributed by atoms with E-state index in [1.807, 2.05) is 19.1 Å². The van der Waals surface area contributed by atoms with Gasteiger partial charge in [-0.3, -0.25) is 4.79 Å². The Morgan fingerprint density at radius 1 is 1.18 bits per heavy atom. The van der Waals surface area contributed by atoms with Crippen LogP contribution < -0.4 is 0 Å². The van der Waals surface area contributed by atoms with E-state index in [9.17, 15) is 9.18 Å². The quantitative estimate of drug-likeness (QED) is 0.733. The van der Waals surface area contributed by atoms with Crippen LogP contribution in [0.2, 0.25) is 0 Å². The van der Waals surface area contributed by atoms with Crippen molar-refractivity contribution in [2.24, 2.45) is 0 Å². The number of halogens is 1. The Balaban J connectivity index is 1.89. The van der Waals surface area contributed by atoms with Crippen molar-refractivity contribution in [2.75, 3.05) is 7.05 Å². The topological polar surface area (TPSA) is 46.6 Å². The van der Waals surface area contributed by atoms with Gasteiger partial charge < -0.3 is 13.7 Å². The smallest absolute Gasteiger partial charge is 0.290 e. The number of amides is 1. The van der Waals surface area contributed by atoms with Gasteiger partial charge in [-0.2, -0.15) is 0 Å². The van der Waals surface area contributed by atoms with Crippen molar-refractivity contribution in [3.05, 3.63) is 59.0 Å². The van der Waals surface area contributed by atoms with E-state index >= 15 is 0 Å². The molecule has 0 fully saturated rings. The first-order valence-corrected chi connectivity index (χ1v) is 6.95. The average molecular weight is 301 g/mol. The first kappa shape index (κ1) is 14.4. The number of hydrogen-bond donors (Lipinski definition) is 0. The van der Waals surface area contributed by atoms with Crippen LogP contribution in [-0.2, 0) is 6.54 Å². The summed E-state index contributed by atoms with van der Waals surface area (Å²) in [5, 5.41) is 0.616. The number of furan rings is 2. The summed E-state index contributed by atoms with van der Waals surface area (Å²) >= 11 is 0. The molecule has 22 heavy (non-hydrogen) atoms. The first-order valence-electron chi connectivity index (χ1n) is 6.95. The largest absolute Gasteiger partial charge is 0.464 e. The highest BCUT2D eigenvalue weighted by molar-refractivity contribution is 5.98. The molecule has 0 aliphatic heterocycles. The summed E-state index contributed by atoms with van der Waals surface area (Å²) in [5.74, 6) is 1.11. The van der Waals surface area contributed by atoms with Gasteiger partial charge in [-0.25, -0.2) is 4.39 Å². The molecule has 114 valence electrons. The summed E-state index contributed by atoms with van der Waals surface area (Å²) in [4.78, 5) is 14.0. The molecule has 0 aliphatic rings. The van der Waals surface area contributed by atoms with Gasteiger partial charge >= 0.3 is 0 Å². The second kappa shape index (κ2) is 5.33. The predicted octanol–water partition coefficient (Wildman–Crippen LogP) is 4.05. The fourth-order valence-electron chi connectivity index (χ4n) is 2.45. The number of hydrogen-bond acceptors (Lipinski definition) is 3. The minimum atomic E-state index is -0.352. The number of carbonyl (C=O) groups excluding carboxylic acids is 1. The van der Waals surface area contributed by atoms with E-state index in [-0.39, 0.29) is 17.5 Å². The number of aryl methyl sites for hydroxylation is 2. The van der Waals surface area contributed by atoms with Gasteiger partial charge in [-0.05, 0) is 44.2 Å². The van der Waals surface area contributed by atoms with Crippen molar-refractivity contribution in [1.82, 2.24) is 4.90 Å². The Hall–Kier alpha value is -2.56. The van der Waals surface area contributed by atoms with Crippen molar-refractivity contribution < 1.29 is 18.0 Å². The van der Waals surface area contributed by atoms with E-state index in [2.05, 4.69) is 0 Å². The lowest BCUT2D eigenvalue weighted by Gasteiger charge is -2.14. The van der Waals surface area contributed by atoms with Crippen LogP contribution in [0, 0.1) is 19.7 Å². The van der Waals surface area contributed by atoms with Gasteiger partial charge in [0.1, 0.15) is 22.9 Å². The van der Waals surface area contributed by atoms with Gasteiger partial charge in [-0.1, -0.05) is 0 Å². The van der Waals surface area contributed by atoms with Crippen molar-refractivity contribution in [1.29, 1.82) is 0 Å². The van der Waals surface area contributed by atoms with Crippen LogP contribution in [-0.4, -0.2) is 17.9 Å². The molecule has 2 aromatic heterocycles. The summed E-state index contributed by atoms with van der Waals surface area (Å²) in [6.07, 6.45) is 0. The van der Waals surface area contributed by atoms with Gasteiger partial charge in [-0.15, -0.1) is 0 Å². The highest BCUT2D eigenvalue weighted by Gasteiger charge is 2.22. The normalized spacial score (nSPS) is 11.1. The Morgan fingerprint density at radius 2 is 1.95 bits per heavy atom. The van der Waals surface area contributed by atoms with Crippen LogP contribution in [0.15, 0.2) is 39.2 Å². The SMILES string of the molecule is Cc1ccc(CN(C)C(=O)c2oc3ccc(F)cc3c2C)o1. The molecule has 2 heterocycles. The zero-order chi connectivity index (χ0) is 15.9. The van der Waals surface area contributed by atoms with Gasteiger partial charge in [0.05, 0.1) is 6.54 Å². The molecule has 0 radical (unpaired) electrons. The monoisotopic (exact) mass is 301 g/mol. The molecule has 1 amide bonds. The molecule has 4 nitrogen and oxygen atoms in total. The molecule has 0 saturated carbocycles. The maximum Gasteiger partial charge on any atom is 0.290 e. The van der Waals surface area contributed by atoms with Crippen LogP contribution in [0.3, 0.4) is 0 Å². The number of fused-ring (bicyclic) bond motifs is 1. The molecule has 3 rings (SSSR count). The van der Waals surface area contributed by atoms with E-state index in [1.54, 1.807) is 14.0 Å². The molecule has 3 aromatic rings. The maximum atomic E-state index is 13.3.